The second-order valence-corrected chi connectivity index (χ2v) is 5.88. The van der Waals surface area contributed by atoms with Crippen molar-refractivity contribution in [2.75, 3.05) is 0 Å². The van der Waals surface area contributed by atoms with E-state index in [0.717, 1.165) is 16.8 Å². The Morgan fingerprint density at radius 1 is 1.26 bits per heavy atom. The Morgan fingerprint density at radius 3 is 2.53 bits per heavy atom. The van der Waals surface area contributed by atoms with Gasteiger partial charge in [-0.3, -0.25) is 4.79 Å². The lowest BCUT2D eigenvalue weighted by atomic mass is 10.0. The van der Waals surface area contributed by atoms with Crippen molar-refractivity contribution in [3.05, 3.63) is 49.8 Å². The van der Waals surface area contributed by atoms with E-state index >= 15 is 0 Å². The van der Waals surface area contributed by atoms with E-state index in [1.165, 1.54) is 5.56 Å². The van der Waals surface area contributed by atoms with Crippen molar-refractivity contribution >= 4 is 15.9 Å². The Bertz CT molecular complexity index is 674. The molecule has 0 aliphatic heterocycles. The summed E-state index contributed by atoms with van der Waals surface area (Å²) in [6.07, 6.45) is 0. The summed E-state index contributed by atoms with van der Waals surface area (Å²) in [7, 11) is 0. The van der Waals surface area contributed by atoms with Crippen LogP contribution >= 0.6 is 15.9 Å². The molecule has 0 aliphatic rings. The normalized spacial score (nSPS) is 11.1. The molecule has 1 heterocycles. The fourth-order valence-electron chi connectivity index (χ4n) is 2.07. The number of hydrogen-bond acceptors (Lipinski definition) is 2. The molecule has 19 heavy (non-hydrogen) atoms. The topological polar surface area (TPSA) is 45.8 Å². The van der Waals surface area contributed by atoms with E-state index in [1.54, 1.807) is 0 Å². The van der Waals surface area contributed by atoms with Crippen LogP contribution in [0, 0.1) is 13.8 Å². The zero-order valence-corrected chi connectivity index (χ0v) is 13.1. The van der Waals surface area contributed by atoms with Gasteiger partial charge in [0, 0.05) is 5.56 Å². The van der Waals surface area contributed by atoms with Crippen molar-refractivity contribution in [2.24, 2.45) is 0 Å². The van der Waals surface area contributed by atoms with Crippen LogP contribution in [0.15, 0.2) is 27.5 Å². The van der Waals surface area contributed by atoms with Gasteiger partial charge in [0.05, 0.1) is 5.69 Å². The average Bonchev–Trinajstić information content (AvgIpc) is 2.32. The van der Waals surface area contributed by atoms with Crippen molar-refractivity contribution in [1.82, 2.24) is 9.97 Å². The smallest absolute Gasteiger partial charge is 0.265 e. The minimum atomic E-state index is -0.131. The monoisotopic (exact) mass is 320 g/mol. The molecule has 1 N–H and O–H groups in total. The summed E-state index contributed by atoms with van der Waals surface area (Å²) in [5.41, 5.74) is 3.94. The number of aryl methyl sites for hydroxylation is 2. The highest BCUT2D eigenvalue weighted by Gasteiger charge is 2.14. The third-order valence-electron chi connectivity index (χ3n) is 3.07. The van der Waals surface area contributed by atoms with Crippen LogP contribution in [0.3, 0.4) is 0 Å². The summed E-state index contributed by atoms with van der Waals surface area (Å²) in [5, 5.41) is 0. The summed E-state index contributed by atoms with van der Waals surface area (Å²) in [6, 6.07) is 6.12. The minimum absolute atomic E-state index is 0.131. The first-order valence-electron chi connectivity index (χ1n) is 6.27. The molecular formula is C15H17BrN2O. The molecular weight excluding hydrogens is 304 g/mol. The number of rotatable bonds is 2. The minimum Gasteiger partial charge on any atom is -0.306 e. The van der Waals surface area contributed by atoms with Gasteiger partial charge in [-0.25, -0.2) is 4.98 Å². The Morgan fingerprint density at radius 2 is 1.95 bits per heavy atom. The quantitative estimate of drug-likeness (QED) is 0.910. The summed E-state index contributed by atoms with van der Waals surface area (Å²) in [5.74, 6) is 0.829. The standard InChI is InChI=1S/C15H17BrN2O/c1-8(2)13-12(16)15(19)18-14(17-13)11-6-5-9(3)7-10(11)4/h5-8H,1-4H3,(H,17,18,19). The maximum Gasteiger partial charge on any atom is 0.265 e. The van der Waals surface area contributed by atoms with Gasteiger partial charge in [0.25, 0.3) is 5.56 Å². The van der Waals surface area contributed by atoms with Crippen LogP contribution in [0.25, 0.3) is 11.4 Å². The highest BCUT2D eigenvalue weighted by Crippen LogP contribution is 2.24. The Balaban J connectivity index is 2.66. The van der Waals surface area contributed by atoms with E-state index in [4.69, 9.17) is 0 Å². The lowest BCUT2D eigenvalue weighted by molar-refractivity contribution is 0.803. The summed E-state index contributed by atoms with van der Waals surface area (Å²) in [4.78, 5) is 19.4. The van der Waals surface area contributed by atoms with Gasteiger partial charge in [0.15, 0.2) is 0 Å². The number of benzene rings is 1. The van der Waals surface area contributed by atoms with Crippen molar-refractivity contribution in [3.8, 4) is 11.4 Å². The van der Waals surface area contributed by atoms with Crippen LogP contribution in [0.2, 0.25) is 0 Å². The SMILES string of the molecule is Cc1ccc(-c2nc(C(C)C)c(Br)c(=O)[nH]2)c(C)c1. The Hall–Kier alpha value is -1.42. The highest BCUT2D eigenvalue weighted by molar-refractivity contribution is 9.10. The number of halogens is 1. The molecule has 2 rings (SSSR count). The van der Waals surface area contributed by atoms with Crippen molar-refractivity contribution < 1.29 is 0 Å². The fraction of sp³-hybridized carbons (Fsp3) is 0.333. The van der Waals surface area contributed by atoms with E-state index in [9.17, 15) is 4.79 Å². The molecule has 0 fully saturated rings. The van der Waals surface area contributed by atoms with E-state index in [2.05, 4.69) is 32.0 Å². The number of aromatic amines is 1. The van der Waals surface area contributed by atoms with Crippen LogP contribution in [0.5, 0.6) is 0 Å². The zero-order valence-electron chi connectivity index (χ0n) is 11.5. The van der Waals surface area contributed by atoms with Gasteiger partial charge in [0.2, 0.25) is 0 Å². The van der Waals surface area contributed by atoms with Gasteiger partial charge < -0.3 is 4.98 Å². The van der Waals surface area contributed by atoms with Gasteiger partial charge in [-0.2, -0.15) is 0 Å². The first kappa shape index (κ1) is 14.0. The summed E-state index contributed by atoms with van der Waals surface area (Å²) >= 11 is 3.31. The number of aromatic nitrogens is 2. The number of nitrogens with one attached hydrogen (secondary N) is 1. The maximum atomic E-state index is 12.0. The first-order valence-corrected chi connectivity index (χ1v) is 7.06. The highest BCUT2D eigenvalue weighted by atomic mass is 79.9. The van der Waals surface area contributed by atoms with Gasteiger partial charge >= 0.3 is 0 Å². The van der Waals surface area contributed by atoms with Crippen LogP contribution in [-0.2, 0) is 0 Å². The second-order valence-electron chi connectivity index (χ2n) is 5.09. The average molecular weight is 321 g/mol. The molecule has 0 amide bonds. The Labute approximate surface area is 121 Å². The Kier molecular flexibility index (Phi) is 3.90. The molecule has 0 spiro atoms. The third-order valence-corrected chi connectivity index (χ3v) is 3.84. The van der Waals surface area contributed by atoms with Crippen molar-refractivity contribution in [3.63, 3.8) is 0 Å². The van der Waals surface area contributed by atoms with Gasteiger partial charge in [-0.05, 0) is 41.3 Å². The van der Waals surface area contributed by atoms with E-state index in [1.807, 2.05) is 39.8 Å². The molecule has 3 nitrogen and oxygen atoms in total. The molecule has 0 atom stereocenters. The van der Waals surface area contributed by atoms with Crippen molar-refractivity contribution in [1.29, 1.82) is 0 Å². The molecule has 0 aliphatic carbocycles. The fourth-order valence-corrected chi connectivity index (χ4v) is 2.71. The van der Waals surface area contributed by atoms with Crippen LogP contribution < -0.4 is 5.56 Å². The molecule has 1 aromatic heterocycles. The molecule has 1 aromatic carbocycles. The zero-order chi connectivity index (χ0) is 14.2. The molecule has 0 saturated heterocycles. The summed E-state index contributed by atoms with van der Waals surface area (Å²) in [6.45, 7) is 8.13. The predicted octanol–water partition coefficient (Wildman–Crippen LogP) is 3.94. The largest absolute Gasteiger partial charge is 0.306 e. The first-order chi connectivity index (χ1) is 8.90. The lowest BCUT2D eigenvalue weighted by Crippen LogP contribution is -2.14. The summed E-state index contributed by atoms with van der Waals surface area (Å²) < 4.78 is 0.524. The van der Waals surface area contributed by atoms with Gasteiger partial charge in [0.1, 0.15) is 10.3 Å². The second kappa shape index (κ2) is 5.29. The van der Waals surface area contributed by atoms with E-state index in [-0.39, 0.29) is 11.5 Å². The maximum absolute atomic E-state index is 12.0. The molecule has 0 unspecified atom stereocenters. The van der Waals surface area contributed by atoms with Crippen molar-refractivity contribution in [2.45, 2.75) is 33.6 Å². The third kappa shape index (κ3) is 2.78. The molecule has 0 saturated carbocycles. The van der Waals surface area contributed by atoms with Crippen LogP contribution in [0.1, 0.15) is 36.6 Å². The predicted molar refractivity (Wildman–Crippen MR) is 81.6 cm³/mol. The number of H-pyrrole nitrogens is 1. The molecule has 0 bridgehead atoms. The number of nitrogens with zero attached hydrogens (tertiary/aromatic N) is 1. The van der Waals surface area contributed by atoms with Gasteiger partial charge in [-0.1, -0.05) is 37.6 Å². The lowest BCUT2D eigenvalue weighted by Gasteiger charge is -2.11. The van der Waals surface area contributed by atoms with E-state index in [0.29, 0.717) is 10.3 Å². The molecule has 0 radical (unpaired) electrons. The van der Waals surface area contributed by atoms with E-state index < -0.39 is 0 Å². The molecule has 2 aromatic rings. The van der Waals surface area contributed by atoms with Gasteiger partial charge in [-0.15, -0.1) is 0 Å². The van der Waals surface area contributed by atoms with Crippen LogP contribution in [0.4, 0.5) is 0 Å². The van der Waals surface area contributed by atoms with Crippen LogP contribution in [-0.4, -0.2) is 9.97 Å². The molecule has 100 valence electrons. The molecule has 4 heteroatoms. The number of hydrogen-bond donors (Lipinski definition) is 1.